The summed E-state index contributed by atoms with van der Waals surface area (Å²) in [6.45, 7) is 3.88. The summed E-state index contributed by atoms with van der Waals surface area (Å²) >= 11 is 0. The quantitative estimate of drug-likeness (QED) is 0.678. The number of nitrogens with zero attached hydrogens (tertiary/aromatic N) is 2. The van der Waals surface area contributed by atoms with Gasteiger partial charge in [-0.2, -0.15) is 5.10 Å². The molecule has 0 bridgehead atoms. The van der Waals surface area contributed by atoms with Gasteiger partial charge in [0.2, 0.25) is 0 Å². The highest BCUT2D eigenvalue weighted by atomic mass is 19.1. The third-order valence-electron chi connectivity index (χ3n) is 1.74. The summed E-state index contributed by atoms with van der Waals surface area (Å²) in [6.07, 6.45) is 2.92. The van der Waals surface area contributed by atoms with E-state index in [1.165, 1.54) is 0 Å². The summed E-state index contributed by atoms with van der Waals surface area (Å²) in [6, 6.07) is 1.92. The van der Waals surface area contributed by atoms with Crippen molar-refractivity contribution >= 4 is 0 Å². The summed E-state index contributed by atoms with van der Waals surface area (Å²) in [4.78, 5) is 0. The molecule has 0 amide bonds. The third kappa shape index (κ3) is 3.55. The third-order valence-corrected chi connectivity index (χ3v) is 1.74. The van der Waals surface area contributed by atoms with E-state index in [-0.39, 0.29) is 6.67 Å². The number of alkyl halides is 1. The number of aromatic nitrogens is 2. The van der Waals surface area contributed by atoms with Crippen molar-refractivity contribution in [1.82, 2.24) is 15.1 Å². The highest BCUT2D eigenvalue weighted by Gasteiger charge is 1.97. The number of halogens is 1. The fourth-order valence-electron chi connectivity index (χ4n) is 1.10. The van der Waals surface area contributed by atoms with Crippen LogP contribution in [0, 0.1) is 0 Å². The van der Waals surface area contributed by atoms with E-state index in [1.807, 2.05) is 12.3 Å². The van der Waals surface area contributed by atoms with Crippen LogP contribution in [0.3, 0.4) is 0 Å². The summed E-state index contributed by atoms with van der Waals surface area (Å²) in [5.41, 5.74) is 0.974. The summed E-state index contributed by atoms with van der Waals surface area (Å²) in [5, 5.41) is 7.42. The predicted molar refractivity (Wildman–Crippen MR) is 50.2 cm³/mol. The van der Waals surface area contributed by atoms with Crippen LogP contribution in [0.5, 0.6) is 0 Å². The number of hydrogen-bond acceptors (Lipinski definition) is 2. The van der Waals surface area contributed by atoms with E-state index in [4.69, 9.17) is 0 Å². The van der Waals surface area contributed by atoms with E-state index < -0.39 is 0 Å². The van der Waals surface area contributed by atoms with Crippen molar-refractivity contribution in [2.75, 3.05) is 13.2 Å². The Balaban J connectivity index is 2.31. The lowest BCUT2D eigenvalue weighted by molar-refractivity contribution is 0.425. The molecule has 4 heteroatoms. The van der Waals surface area contributed by atoms with Crippen LogP contribution < -0.4 is 5.32 Å². The van der Waals surface area contributed by atoms with Gasteiger partial charge in [-0.25, -0.2) is 4.39 Å². The molecule has 1 rings (SSSR count). The largest absolute Gasteiger partial charge is 0.311 e. The maximum Gasteiger partial charge on any atom is 0.109 e. The van der Waals surface area contributed by atoms with Gasteiger partial charge in [0, 0.05) is 12.7 Å². The smallest absolute Gasteiger partial charge is 0.109 e. The predicted octanol–water partition coefficient (Wildman–Crippen LogP) is 1.35. The minimum atomic E-state index is -0.358. The van der Waals surface area contributed by atoms with Crippen LogP contribution in [0.15, 0.2) is 12.3 Å². The zero-order valence-corrected chi connectivity index (χ0v) is 7.96. The van der Waals surface area contributed by atoms with Crippen LogP contribution >= 0.6 is 0 Å². The second-order valence-electron chi connectivity index (χ2n) is 2.94. The second kappa shape index (κ2) is 5.70. The average molecular weight is 185 g/mol. The normalized spacial score (nSPS) is 10.6. The van der Waals surface area contributed by atoms with Gasteiger partial charge < -0.3 is 5.32 Å². The standard InChI is InChI=1S/C9H16FN3/c1-2-5-11-8-9-3-6-13(12-9)7-4-10/h3,6,11H,2,4-5,7-8H2,1H3. The molecule has 0 aliphatic rings. The minimum Gasteiger partial charge on any atom is -0.311 e. The first-order valence-electron chi connectivity index (χ1n) is 4.66. The molecule has 0 spiro atoms. The molecule has 1 aromatic rings. The Labute approximate surface area is 77.9 Å². The molecule has 13 heavy (non-hydrogen) atoms. The Hall–Kier alpha value is -0.900. The summed E-state index contributed by atoms with van der Waals surface area (Å²) in [7, 11) is 0. The van der Waals surface area contributed by atoms with Crippen LogP contribution in [0.1, 0.15) is 19.0 Å². The molecule has 0 aromatic carbocycles. The van der Waals surface area contributed by atoms with E-state index >= 15 is 0 Å². The van der Waals surface area contributed by atoms with E-state index in [1.54, 1.807) is 4.68 Å². The Bertz CT molecular complexity index is 235. The van der Waals surface area contributed by atoms with Gasteiger partial charge in [0.15, 0.2) is 0 Å². The first-order valence-corrected chi connectivity index (χ1v) is 4.66. The summed E-state index contributed by atoms with van der Waals surface area (Å²) in [5.74, 6) is 0. The van der Waals surface area contributed by atoms with Crippen LogP contribution in [-0.4, -0.2) is 23.0 Å². The lowest BCUT2D eigenvalue weighted by Crippen LogP contribution is -2.14. The molecule has 1 aromatic heterocycles. The number of hydrogen-bond donors (Lipinski definition) is 1. The molecular formula is C9H16FN3. The maximum absolute atomic E-state index is 11.9. The Morgan fingerprint density at radius 3 is 3.15 bits per heavy atom. The fourth-order valence-corrected chi connectivity index (χ4v) is 1.10. The zero-order valence-electron chi connectivity index (χ0n) is 7.96. The number of aryl methyl sites for hydroxylation is 1. The Morgan fingerprint density at radius 1 is 1.62 bits per heavy atom. The van der Waals surface area contributed by atoms with Crippen molar-refractivity contribution < 1.29 is 4.39 Å². The first kappa shape index (κ1) is 10.2. The molecule has 0 unspecified atom stereocenters. The van der Waals surface area contributed by atoms with Crippen molar-refractivity contribution in [2.24, 2.45) is 0 Å². The van der Waals surface area contributed by atoms with Crippen molar-refractivity contribution in [1.29, 1.82) is 0 Å². The molecule has 0 atom stereocenters. The average Bonchev–Trinajstić information content (AvgIpc) is 2.54. The van der Waals surface area contributed by atoms with E-state index in [9.17, 15) is 4.39 Å². The summed E-state index contributed by atoms with van der Waals surface area (Å²) < 4.78 is 13.5. The van der Waals surface area contributed by atoms with Gasteiger partial charge in [-0.3, -0.25) is 4.68 Å². The molecule has 0 aliphatic carbocycles. The number of nitrogens with one attached hydrogen (secondary N) is 1. The SMILES string of the molecule is CCCNCc1ccn(CCF)n1. The van der Waals surface area contributed by atoms with Gasteiger partial charge in [-0.1, -0.05) is 6.92 Å². The van der Waals surface area contributed by atoms with Crippen LogP contribution in [0.2, 0.25) is 0 Å². The van der Waals surface area contributed by atoms with Crippen LogP contribution in [0.25, 0.3) is 0 Å². The van der Waals surface area contributed by atoms with E-state index in [0.29, 0.717) is 6.54 Å². The molecule has 0 aliphatic heterocycles. The number of rotatable bonds is 6. The first-order chi connectivity index (χ1) is 6.36. The molecule has 0 saturated carbocycles. The van der Waals surface area contributed by atoms with Gasteiger partial charge in [0.25, 0.3) is 0 Å². The van der Waals surface area contributed by atoms with E-state index in [0.717, 1.165) is 25.2 Å². The van der Waals surface area contributed by atoms with Gasteiger partial charge in [-0.15, -0.1) is 0 Å². The topological polar surface area (TPSA) is 29.9 Å². The fraction of sp³-hybridized carbons (Fsp3) is 0.667. The highest BCUT2D eigenvalue weighted by molar-refractivity contribution is 4.98. The molecule has 1 heterocycles. The molecule has 0 radical (unpaired) electrons. The second-order valence-corrected chi connectivity index (χ2v) is 2.94. The molecule has 1 N–H and O–H groups in total. The molecule has 74 valence electrons. The molecular weight excluding hydrogens is 169 g/mol. The lowest BCUT2D eigenvalue weighted by atomic mass is 10.4. The van der Waals surface area contributed by atoms with E-state index in [2.05, 4.69) is 17.3 Å². The molecule has 3 nitrogen and oxygen atoms in total. The van der Waals surface area contributed by atoms with Crippen molar-refractivity contribution in [3.8, 4) is 0 Å². The molecule has 0 saturated heterocycles. The zero-order chi connectivity index (χ0) is 9.52. The lowest BCUT2D eigenvalue weighted by Gasteiger charge is -1.98. The minimum absolute atomic E-state index is 0.355. The van der Waals surface area contributed by atoms with Gasteiger partial charge in [-0.05, 0) is 19.0 Å². The van der Waals surface area contributed by atoms with Crippen molar-refractivity contribution in [3.63, 3.8) is 0 Å². The van der Waals surface area contributed by atoms with Crippen molar-refractivity contribution in [2.45, 2.75) is 26.4 Å². The van der Waals surface area contributed by atoms with Gasteiger partial charge >= 0.3 is 0 Å². The Morgan fingerprint density at radius 2 is 2.46 bits per heavy atom. The monoisotopic (exact) mass is 185 g/mol. The Kier molecular flexibility index (Phi) is 4.46. The van der Waals surface area contributed by atoms with Gasteiger partial charge in [0.05, 0.1) is 12.2 Å². The maximum atomic E-state index is 11.9. The highest BCUT2D eigenvalue weighted by Crippen LogP contribution is 1.95. The van der Waals surface area contributed by atoms with Gasteiger partial charge in [0.1, 0.15) is 6.67 Å². The van der Waals surface area contributed by atoms with Crippen molar-refractivity contribution in [3.05, 3.63) is 18.0 Å². The van der Waals surface area contributed by atoms with Crippen LogP contribution in [-0.2, 0) is 13.1 Å². The molecule has 0 fully saturated rings. The van der Waals surface area contributed by atoms with Crippen LogP contribution in [0.4, 0.5) is 4.39 Å².